The first-order chi connectivity index (χ1) is 7.07. The van der Waals surface area contributed by atoms with E-state index in [1.54, 1.807) is 6.07 Å². The smallest absolute Gasteiger partial charge is 0.338 e. The van der Waals surface area contributed by atoms with Gasteiger partial charge in [-0.15, -0.1) is 12.4 Å². The molecule has 1 aromatic rings. The van der Waals surface area contributed by atoms with Crippen molar-refractivity contribution < 1.29 is 9.53 Å². The first-order valence-corrected chi connectivity index (χ1v) is 5.05. The second-order valence-corrected chi connectivity index (χ2v) is 4.18. The molecule has 1 saturated carbocycles. The lowest BCUT2D eigenvalue weighted by Gasteiger charge is -2.11. The summed E-state index contributed by atoms with van der Waals surface area (Å²) in [6.45, 7) is 1.90. The lowest BCUT2D eigenvalue weighted by molar-refractivity contribution is 0.0600. The summed E-state index contributed by atoms with van der Waals surface area (Å²) in [6, 6.07) is 5.70. The molecule has 4 heteroatoms. The Kier molecular flexibility index (Phi) is 3.61. The van der Waals surface area contributed by atoms with Crippen molar-refractivity contribution in [1.29, 1.82) is 0 Å². The van der Waals surface area contributed by atoms with Crippen LogP contribution < -0.4 is 5.73 Å². The zero-order chi connectivity index (χ0) is 11.1. The molecule has 1 fully saturated rings. The quantitative estimate of drug-likeness (QED) is 0.808. The fourth-order valence-corrected chi connectivity index (χ4v) is 1.74. The Morgan fingerprint density at radius 3 is 2.50 bits per heavy atom. The van der Waals surface area contributed by atoms with Crippen LogP contribution in [-0.4, -0.2) is 13.1 Å². The van der Waals surface area contributed by atoms with Gasteiger partial charge in [0.15, 0.2) is 0 Å². The zero-order valence-electron chi connectivity index (χ0n) is 9.45. The van der Waals surface area contributed by atoms with E-state index in [1.165, 1.54) is 7.11 Å². The van der Waals surface area contributed by atoms with E-state index >= 15 is 0 Å². The van der Waals surface area contributed by atoms with Gasteiger partial charge >= 0.3 is 5.97 Å². The number of carbonyl (C=O) groups is 1. The van der Waals surface area contributed by atoms with Gasteiger partial charge in [0.25, 0.3) is 0 Å². The highest BCUT2D eigenvalue weighted by Gasteiger charge is 2.40. The second kappa shape index (κ2) is 4.44. The van der Waals surface area contributed by atoms with Gasteiger partial charge in [-0.2, -0.15) is 0 Å². The number of methoxy groups -OCH3 is 1. The van der Waals surface area contributed by atoms with Crippen molar-refractivity contribution in [3.05, 3.63) is 34.9 Å². The number of carbonyl (C=O) groups excluding carboxylic acids is 1. The number of rotatable bonds is 2. The standard InChI is InChI=1S/C12H15NO2.ClH/c1-8-7-9(12(13)5-6-12)3-4-10(8)11(14)15-2;/h3-4,7H,5-6,13H2,1-2H3;1H. The van der Waals surface area contributed by atoms with Crippen molar-refractivity contribution in [2.45, 2.75) is 25.3 Å². The van der Waals surface area contributed by atoms with E-state index in [9.17, 15) is 4.79 Å². The van der Waals surface area contributed by atoms with Gasteiger partial charge in [-0.1, -0.05) is 12.1 Å². The highest BCUT2D eigenvalue weighted by Crippen LogP contribution is 2.42. The van der Waals surface area contributed by atoms with Crippen LogP contribution in [0.2, 0.25) is 0 Å². The summed E-state index contributed by atoms with van der Waals surface area (Å²) in [6.07, 6.45) is 2.06. The van der Waals surface area contributed by atoms with Crippen molar-refractivity contribution in [2.24, 2.45) is 5.73 Å². The molecule has 0 atom stereocenters. The summed E-state index contributed by atoms with van der Waals surface area (Å²) in [4.78, 5) is 11.4. The Balaban J connectivity index is 0.00000128. The maximum Gasteiger partial charge on any atom is 0.338 e. The van der Waals surface area contributed by atoms with Gasteiger partial charge in [-0.3, -0.25) is 0 Å². The highest BCUT2D eigenvalue weighted by atomic mass is 35.5. The molecule has 0 aliphatic heterocycles. The third-order valence-electron chi connectivity index (χ3n) is 3.00. The van der Waals surface area contributed by atoms with Crippen molar-refractivity contribution in [1.82, 2.24) is 0 Å². The van der Waals surface area contributed by atoms with E-state index in [1.807, 2.05) is 19.1 Å². The molecule has 0 aromatic heterocycles. The molecule has 0 bridgehead atoms. The Hall–Kier alpha value is -1.06. The van der Waals surface area contributed by atoms with Crippen LogP contribution >= 0.6 is 12.4 Å². The summed E-state index contributed by atoms with van der Waals surface area (Å²) in [5, 5.41) is 0. The lowest BCUT2D eigenvalue weighted by atomic mass is 9.99. The number of hydrogen-bond acceptors (Lipinski definition) is 3. The largest absolute Gasteiger partial charge is 0.465 e. The van der Waals surface area contributed by atoms with Crippen LogP contribution in [0.25, 0.3) is 0 Å². The average molecular weight is 242 g/mol. The normalized spacial score (nSPS) is 16.2. The fraction of sp³-hybridized carbons (Fsp3) is 0.417. The molecule has 0 heterocycles. The predicted molar refractivity (Wildman–Crippen MR) is 64.9 cm³/mol. The molecule has 0 amide bonds. The summed E-state index contributed by atoms with van der Waals surface area (Å²) >= 11 is 0. The van der Waals surface area contributed by atoms with Crippen LogP contribution in [0.4, 0.5) is 0 Å². The minimum Gasteiger partial charge on any atom is -0.465 e. The van der Waals surface area contributed by atoms with Crippen LogP contribution in [0.3, 0.4) is 0 Å². The first kappa shape index (κ1) is 13.0. The van der Waals surface area contributed by atoms with Crippen LogP contribution in [0.5, 0.6) is 0 Å². The van der Waals surface area contributed by atoms with E-state index in [0.29, 0.717) is 5.56 Å². The molecule has 0 saturated heterocycles. The van der Waals surface area contributed by atoms with Crippen molar-refractivity contribution in [3.8, 4) is 0 Å². The van der Waals surface area contributed by atoms with Gasteiger partial charge in [-0.25, -0.2) is 4.79 Å². The van der Waals surface area contributed by atoms with Gasteiger partial charge in [0, 0.05) is 5.54 Å². The molecule has 88 valence electrons. The Bertz CT molecular complexity index is 413. The number of ether oxygens (including phenoxy) is 1. The topological polar surface area (TPSA) is 52.3 Å². The molecule has 2 N–H and O–H groups in total. The van der Waals surface area contributed by atoms with E-state index < -0.39 is 0 Å². The van der Waals surface area contributed by atoms with E-state index in [-0.39, 0.29) is 23.9 Å². The van der Waals surface area contributed by atoms with E-state index in [0.717, 1.165) is 24.0 Å². The molecule has 0 unspecified atom stereocenters. The molecule has 1 aliphatic carbocycles. The predicted octanol–water partition coefficient (Wildman–Crippen LogP) is 2.15. The maximum atomic E-state index is 11.4. The van der Waals surface area contributed by atoms with E-state index in [2.05, 4.69) is 4.74 Å². The molecule has 1 aliphatic rings. The lowest BCUT2D eigenvalue weighted by Crippen LogP contribution is -2.19. The summed E-state index contributed by atoms with van der Waals surface area (Å²) in [7, 11) is 1.39. The number of benzene rings is 1. The molecular weight excluding hydrogens is 226 g/mol. The Labute approximate surface area is 101 Å². The van der Waals surface area contributed by atoms with Crippen LogP contribution in [0.1, 0.15) is 34.3 Å². The highest BCUT2D eigenvalue weighted by molar-refractivity contribution is 5.91. The van der Waals surface area contributed by atoms with Gasteiger partial charge in [-0.05, 0) is 37.0 Å². The SMILES string of the molecule is COC(=O)c1ccc(C2(N)CC2)cc1C.Cl. The average Bonchev–Trinajstić information content (AvgIpc) is 2.96. The molecule has 1 aromatic carbocycles. The molecule has 2 rings (SSSR count). The summed E-state index contributed by atoms with van der Waals surface area (Å²) in [5.41, 5.74) is 8.60. The number of halogens is 1. The zero-order valence-corrected chi connectivity index (χ0v) is 10.3. The number of hydrogen-bond donors (Lipinski definition) is 1. The molecule has 3 nitrogen and oxygen atoms in total. The Morgan fingerprint density at radius 2 is 2.06 bits per heavy atom. The van der Waals surface area contributed by atoms with Gasteiger partial charge in [0.2, 0.25) is 0 Å². The minimum atomic E-state index is -0.291. The van der Waals surface area contributed by atoms with Gasteiger partial charge in [0.1, 0.15) is 0 Å². The minimum absolute atomic E-state index is 0. The van der Waals surface area contributed by atoms with Crippen molar-refractivity contribution >= 4 is 18.4 Å². The van der Waals surface area contributed by atoms with E-state index in [4.69, 9.17) is 5.73 Å². The monoisotopic (exact) mass is 241 g/mol. The molecule has 16 heavy (non-hydrogen) atoms. The first-order valence-electron chi connectivity index (χ1n) is 5.05. The third-order valence-corrected chi connectivity index (χ3v) is 3.00. The van der Waals surface area contributed by atoms with Crippen molar-refractivity contribution in [2.75, 3.05) is 7.11 Å². The molecule has 0 spiro atoms. The van der Waals surface area contributed by atoms with Gasteiger partial charge in [0.05, 0.1) is 12.7 Å². The fourth-order valence-electron chi connectivity index (χ4n) is 1.74. The number of nitrogens with two attached hydrogens (primary N) is 1. The van der Waals surface area contributed by atoms with Crippen LogP contribution in [0, 0.1) is 6.92 Å². The molecule has 0 radical (unpaired) electrons. The van der Waals surface area contributed by atoms with Crippen LogP contribution in [-0.2, 0) is 10.3 Å². The maximum absolute atomic E-state index is 11.4. The second-order valence-electron chi connectivity index (χ2n) is 4.18. The number of esters is 1. The Morgan fingerprint density at radius 1 is 1.44 bits per heavy atom. The summed E-state index contributed by atoms with van der Waals surface area (Å²) < 4.78 is 4.69. The summed E-state index contributed by atoms with van der Waals surface area (Å²) in [5.74, 6) is -0.291. The number of aryl methyl sites for hydroxylation is 1. The molecular formula is C12H16ClNO2. The third kappa shape index (κ3) is 2.20. The van der Waals surface area contributed by atoms with Gasteiger partial charge < -0.3 is 10.5 Å². The van der Waals surface area contributed by atoms with Crippen LogP contribution in [0.15, 0.2) is 18.2 Å². The van der Waals surface area contributed by atoms with Crippen molar-refractivity contribution in [3.63, 3.8) is 0 Å².